The average molecular weight is 331 g/mol. The van der Waals surface area contributed by atoms with E-state index in [0.717, 1.165) is 0 Å². The van der Waals surface area contributed by atoms with Crippen LogP contribution in [0.15, 0.2) is 17.6 Å². The van der Waals surface area contributed by atoms with Crippen molar-refractivity contribution in [2.75, 3.05) is 18.1 Å². The minimum Gasteiger partial charge on any atom is -0.550 e. The number of thioether (sulfide) groups is 1. The highest BCUT2D eigenvalue weighted by Crippen LogP contribution is 2.37. The first kappa shape index (κ1) is 16.0. The van der Waals surface area contributed by atoms with Gasteiger partial charge in [0, 0.05) is 24.2 Å². The number of amides is 1. The van der Waals surface area contributed by atoms with Gasteiger partial charge in [-0.2, -0.15) is 4.99 Å². The lowest BCUT2D eigenvalue weighted by molar-refractivity contribution is -0.305. The smallest absolute Gasteiger partial charge is 0.248 e. The summed E-state index contributed by atoms with van der Waals surface area (Å²) < 4.78 is 23.3. The summed E-state index contributed by atoms with van der Waals surface area (Å²) in [5, 5.41) is 10.6. The highest BCUT2D eigenvalue weighted by Gasteiger charge is 2.48. The van der Waals surface area contributed by atoms with Crippen LogP contribution in [0.1, 0.15) is 12.8 Å². The summed E-state index contributed by atoms with van der Waals surface area (Å²) in [6.07, 6.45) is 1.03. The van der Waals surface area contributed by atoms with Gasteiger partial charge in [-0.25, -0.2) is 8.42 Å². The maximum atomic E-state index is 11.7. The number of hydrogen-bond acceptors (Lipinski definition) is 6. The van der Waals surface area contributed by atoms with Gasteiger partial charge in [0.15, 0.2) is 15.0 Å². The zero-order valence-electron chi connectivity index (χ0n) is 11.2. The van der Waals surface area contributed by atoms with E-state index in [1.807, 2.05) is 0 Å². The Bertz CT molecular complexity index is 599. The third kappa shape index (κ3) is 3.85. The predicted molar refractivity (Wildman–Crippen MR) is 77.4 cm³/mol. The van der Waals surface area contributed by atoms with Crippen LogP contribution in [-0.4, -0.2) is 59.7 Å². The first-order valence-corrected chi connectivity index (χ1v) is 9.08. The van der Waals surface area contributed by atoms with E-state index in [1.54, 1.807) is 11.0 Å². The standard InChI is InChI=1S/C12H16N2O5S2/c1-2-5-14-8-6-21(18,19)7-9(8)20-12(14)13-10(15)3-4-11(16)17/h2,8-9H,1,3-7H2,(H,16,17)/p-1/t8-,9+/m1/s1. The molecule has 116 valence electrons. The fourth-order valence-corrected chi connectivity index (χ4v) is 6.34. The monoisotopic (exact) mass is 331 g/mol. The SMILES string of the molecule is C=CCN1C(=NC(=O)CCC(=O)[O-])S[C@H]2CS(=O)(=O)C[C@H]21. The van der Waals surface area contributed by atoms with Gasteiger partial charge in [0.2, 0.25) is 5.91 Å². The molecule has 0 bridgehead atoms. The summed E-state index contributed by atoms with van der Waals surface area (Å²) >= 11 is 1.26. The van der Waals surface area contributed by atoms with Crippen LogP contribution in [0.25, 0.3) is 0 Å². The number of nitrogens with zero attached hydrogens (tertiary/aromatic N) is 2. The molecule has 0 aromatic rings. The van der Waals surface area contributed by atoms with Crippen molar-refractivity contribution in [1.29, 1.82) is 0 Å². The molecule has 0 radical (unpaired) electrons. The van der Waals surface area contributed by atoms with E-state index in [4.69, 9.17) is 0 Å². The molecule has 0 aromatic carbocycles. The van der Waals surface area contributed by atoms with Gasteiger partial charge in [-0.1, -0.05) is 17.8 Å². The molecule has 1 amide bonds. The number of aliphatic carboxylic acids is 1. The third-order valence-electron chi connectivity index (χ3n) is 3.26. The molecule has 9 heteroatoms. The molecule has 21 heavy (non-hydrogen) atoms. The Morgan fingerprint density at radius 3 is 2.76 bits per heavy atom. The number of sulfone groups is 1. The maximum absolute atomic E-state index is 11.7. The topological polar surface area (TPSA) is 107 Å². The minimum absolute atomic E-state index is 0.0464. The van der Waals surface area contributed by atoms with Crippen molar-refractivity contribution in [3.8, 4) is 0 Å². The third-order valence-corrected chi connectivity index (χ3v) is 6.51. The summed E-state index contributed by atoms with van der Waals surface area (Å²) in [5.41, 5.74) is 0. The average Bonchev–Trinajstić information content (AvgIpc) is 2.81. The molecule has 2 aliphatic rings. The van der Waals surface area contributed by atoms with E-state index >= 15 is 0 Å². The number of carboxylic acid groups (broad SMARTS) is 1. The van der Waals surface area contributed by atoms with Gasteiger partial charge in [0.1, 0.15) is 0 Å². The summed E-state index contributed by atoms with van der Waals surface area (Å²) in [6.45, 7) is 4.02. The summed E-state index contributed by atoms with van der Waals surface area (Å²) in [6, 6.07) is -0.203. The Hall–Kier alpha value is -1.35. The van der Waals surface area contributed by atoms with Crippen molar-refractivity contribution in [2.24, 2.45) is 4.99 Å². The Morgan fingerprint density at radius 1 is 1.43 bits per heavy atom. The molecule has 2 saturated heterocycles. The van der Waals surface area contributed by atoms with Crippen LogP contribution in [0.3, 0.4) is 0 Å². The quantitative estimate of drug-likeness (QED) is 0.582. The molecule has 2 atom stereocenters. The molecule has 0 N–H and O–H groups in total. The van der Waals surface area contributed by atoms with Crippen molar-refractivity contribution in [3.05, 3.63) is 12.7 Å². The summed E-state index contributed by atoms with van der Waals surface area (Å²) in [7, 11) is -3.05. The Morgan fingerprint density at radius 2 is 2.14 bits per heavy atom. The second-order valence-corrected chi connectivity index (χ2v) is 8.26. The first-order chi connectivity index (χ1) is 9.82. The van der Waals surface area contributed by atoms with Gasteiger partial charge in [0.25, 0.3) is 0 Å². The Labute approximate surface area is 127 Å². The fourth-order valence-electron chi connectivity index (χ4n) is 2.36. The molecule has 0 aromatic heterocycles. The van der Waals surface area contributed by atoms with Crippen molar-refractivity contribution >= 4 is 38.6 Å². The van der Waals surface area contributed by atoms with Gasteiger partial charge in [-0.3, -0.25) is 4.79 Å². The van der Waals surface area contributed by atoms with Crippen molar-refractivity contribution in [2.45, 2.75) is 24.1 Å². The molecule has 0 saturated carbocycles. The highest BCUT2D eigenvalue weighted by molar-refractivity contribution is 8.15. The van der Waals surface area contributed by atoms with E-state index < -0.39 is 21.7 Å². The summed E-state index contributed by atoms with van der Waals surface area (Å²) in [4.78, 5) is 27.6. The molecule has 0 aliphatic carbocycles. The van der Waals surface area contributed by atoms with E-state index in [-0.39, 0.29) is 35.6 Å². The molecular formula is C12H15N2O5S2-. The second-order valence-electron chi connectivity index (χ2n) is 4.90. The van der Waals surface area contributed by atoms with Crippen LogP contribution in [0, 0.1) is 0 Å². The normalized spacial score (nSPS) is 28.6. The maximum Gasteiger partial charge on any atom is 0.248 e. The molecule has 2 fully saturated rings. The largest absolute Gasteiger partial charge is 0.550 e. The van der Waals surface area contributed by atoms with Gasteiger partial charge in [-0.05, 0) is 6.42 Å². The fraction of sp³-hybridized carbons (Fsp3) is 0.583. The van der Waals surface area contributed by atoms with E-state index in [9.17, 15) is 23.1 Å². The van der Waals surface area contributed by atoms with Crippen LogP contribution >= 0.6 is 11.8 Å². The van der Waals surface area contributed by atoms with Crippen LogP contribution in [0.5, 0.6) is 0 Å². The van der Waals surface area contributed by atoms with Crippen molar-refractivity contribution in [1.82, 2.24) is 4.90 Å². The number of carbonyl (C=O) groups excluding carboxylic acids is 2. The Balaban J connectivity index is 2.12. The number of rotatable bonds is 5. The number of carbonyl (C=O) groups is 2. The van der Waals surface area contributed by atoms with Crippen LogP contribution in [0.4, 0.5) is 0 Å². The molecule has 2 aliphatic heterocycles. The Kier molecular flexibility index (Phi) is 4.72. The minimum atomic E-state index is -3.05. The van der Waals surface area contributed by atoms with Gasteiger partial charge in [-0.15, -0.1) is 6.58 Å². The lowest BCUT2D eigenvalue weighted by Gasteiger charge is -2.22. The van der Waals surface area contributed by atoms with Crippen LogP contribution in [-0.2, 0) is 19.4 Å². The van der Waals surface area contributed by atoms with Crippen LogP contribution < -0.4 is 5.11 Å². The van der Waals surface area contributed by atoms with E-state index in [0.29, 0.717) is 11.7 Å². The molecule has 0 spiro atoms. The van der Waals surface area contributed by atoms with Gasteiger partial charge < -0.3 is 14.8 Å². The highest BCUT2D eigenvalue weighted by atomic mass is 32.2. The molecule has 0 unspecified atom stereocenters. The number of hydrogen-bond donors (Lipinski definition) is 0. The molecule has 7 nitrogen and oxygen atoms in total. The van der Waals surface area contributed by atoms with E-state index in [1.165, 1.54) is 11.8 Å². The van der Waals surface area contributed by atoms with Crippen LogP contribution in [0.2, 0.25) is 0 Å². The number of aliphatic imine (C=N–C) groups is 1. The predicted octanol–water partition coefficient (Wildman–Crippen LogP) is -1.20. The van der Waals surface area contributed by atoms with Crippen molar-refractivity contribution in [3.63, 3.8) is 0 Å². The molecule has 2 heterocycles. The van der Waals surface area contributed by atoms with Gasteiger partial charge >= 0.3 is 0 Å². The summed E-state index contributed by atoms with van der Waals surface area (Å²) in [5.74, 6) is -1.72. The molecule has 2 rings (SSSR count). The zero-order valence-corrected chi connectivity index (χ0v) is 12.9. The van der Waals surface area contributed by atoms with E-state index in [2.05, 4.69) is 11.6 Å². The first-order valence-electron chi connectivity index (χ1n) is 6.38. The lowest BCUT2D eigenvalue weighted by Crippen LogP contribution is -2.37. The van der Waals surface area contributed by atoms with Crippen molar-refractivity contribution < 1.29 is 23.1 Å². The number of fused-ring (bicyclic) bond motifs is 1. The number of carboxylic acids is 1. The molecular weight excluding hydrogens is 316 g/mol. The second kappa shape index (κ2) is 6.18. The number of amidine groups is 1. The van der Waals surface area contributed by atoms with Gasteiger partial charge in [0.05, 0.1) is 17.5 Å². The zero-order chi connectivity index (χ0) is 15.6. The lowest BCUT2D eigenvalue weighted by atomic mass is 10.2.